The minimum atomic E-state index is -0.401. The van der Waals surface area contributed by atoms with Gasteiger partial charge in [0.2, 0.25) is 5.91 Å². The Balaban J connectivity index is 1.67. The van der Waals surface area contributed by atoms with Crippen molar-refractivity contribution in [2.24, 2.45) is 0 Å². The Kier molecular flexibility index (Phi) is 8.55. The average molecular weight is 504 g/mol. The van der Waals surface area contributed by atoms with Gasteiger partial charge < -0.3 is 15.2 Å². The highest BCUT2D eigenvalue weighted by Gasteiger charge is 2.20. The summed E-state index contributed by atoms with van der Waals surface area (Å²) in [4.78, 5) is 25.0. The van der Waals surface area contributed by atoms with Crippen LogP contribution in [0.2, 0.25) is 10.0 Å². The maximum absolute atomic E-state index is 12.6. The number of aryl methyl sites for hydroxylation is 1. The van der Waals surface area contributed by atoms with Crippen molar-refractivity contribution in [3.8, 4) is 0 Å². The van der Waals surface area contributed by atoms with Gasteiger partial charge in [-0.05, 0) is 44.2 Å². The molecule has 0 spiro atoms. The van der Waals surface area contributed by atoms with Crippen LogP contribution in [-0.2, 0) is 11.3 Å². The van der Waals surface area contributed by atoms with Gasteiger partial charge in [0.25, 0.3) is 5.91 Å². The molecule has 7 nitrogen and oxygen atoms in total. The maximum atomic E-state index is 12.6. The number of nitrogens with zero attached hydrogens (tertiary/aromatic N) is 3. The van der Waals surface area contributed by atoms with Crippen LogP contribution in [-0.4, -0.2) is 32.3 Å². The van der Waals surface area contributed by atoms with Crippen LogP contribution in [0.25, 0.3) is 0 Å². The molecule has 0 saturated heterocycles. The Morgan fingerprint density at radius 1 is 1.21 bits per heavy atom. The largest absolute Gasteiger partial charge is 0.342 e. The molecule has 1 heterocycles. The minimum absolute atomic E-state index is 0.0955. The van der Waals surface area contributed by atoms with E-state index >= 15 is 0 Å². The molecule has 33 heavy (non-hydrogen) atoms. The molecule has 2 amide bonds. The summed E-state index contributed by atoms with van der Waals surface area (Å²) >= 11 is 13.2. The fraction of sp³-hybridized carbons (Fsp3) is 0.217. The number of benzene rings is 2. The smallest absolute Gasteiger partial charge is 0.251 e. The molecule has 0 aliphatic carbocycles. The van der Waals surface area contributed by atoms with E-state index in [4.69, 9.17) is 23.2 Å². The second kappa shape index (κ2) is 11.4. The summed E-state index contributed by atoms with van der Waals surface area (Å²) in [6.07, 6.45) is 1.71. The second-order valence-electron chi connectivity index (χ2n) is 7.27. The van der Waals surface area contributed by atoms with Crippen molar-refractivity contribution in [2.45, 2.75) is 31.6 Å². The second-order valence-corrected chi connectivity index (χ2v) is 9.05. The van der Waals surface area contributed by atoms with Crippen LogP contribution < -0.4 is 10.6 Å². The van der Waals surface area contributed by atoms with Gasteiger partial charge in [0.05, 0.1) is 22.5 Å². The van der Waals surface area contributed by atoms with E-state index in [0.717, 1.165) is 5.56 Å². The molecule has 0 radical (unpaired) electrons. The predicted molar refractivity (Wildman–Crippen MR) is 133 cm³/mol. The van der Waals surface area contributed by atoms with Gasteiger partial charge in [-0.1, -0.05) is 58.7 Å². The fourth-order valence-electron chi connectivity index (χ4n) is 3.07. The van der Waals surface area contributed by atoms with E-state index in [1.807, 2.05) is 36.6 Å². The highest BCUT2D eigenvalue weighted by molar-refractivity contribution is 7.99. The third-order valence-electron chi connectivity index (χ3n) is 4.61. The van der Waals surface area contributed by atoms with Gasteiger partial charge in [-0.25, -0.2) is 0 Å². The van der Waals surface area contributed by atoms with Crippen molar-refractivity contribution in [3.63, 3.8) is 0 Å². The first-order chi connectivity index (χ1) is 15.8. The Morgan fingerprint density at radius 3 is 2.70 bits per heavy atom. The number of rotatable bonds is 9. The monoisotopic (exact) mass is 503 g/mol. The molecule has 2 N–H and O–H groups in total. The number of nitrogens with one attached hydrogen (secondary N) is 2. The van der Waals surface area contributed by atoms with E-state index in [1.54, 1.807) is 30.3 Å². The first kappa shape index (κ1) is 24.8. The van der Waals surface area contributed by atoms with E-state index in [0.29, 0.717) is 38.8 Å². The Labute approximate surface area is 206 Å². The molecule has 1 atom stereocenters. The number of carbonyl (C=O) groups excluding carboxylic acids is 2. The predicted octanol–water partition coefficient (Wildman–Crippen LogP) is 5.30. The molecule has 0 fully saturated rings. The van der Waals surface area contributed by atoms with Crippen molar-refractivity contribution in [1.29, 1.82) is 0 Å². The van der Waals surface area contributed by atoms with Crippen molar-refractivity contribution >= 4 is 52.5 Å². The van der Waals surface area contributed by atoms with Crippen LogP contribution in [0.15, 0.2) is 60.3 Å². The number of aromatic nitrogens is 3. The number of allylic oxidation sites excluding steroid dienone is 1. The summed E-state index contributed by atoms with van der Waals surface area (Å²) in [5.74, 6) is 0.213. The lowest BCUT2D eigenvalue weighted by atomic mass is 10.1. The van der Waals surface area contributed by atoms with Gasteiger partial charge in [0.1, 0.15) is 0 Å². The summed E-state index contributed by atoms with van der Waals surface area (Å²) < 4.78 is 1.82. The van der Waals surface area contributed by atoms with E-state index in [2.05, 4.69) is 27.4 Å². The third kappa shape index (κ3) is 6.60. The molecular formula is C23H23Cl2N5O2S. The summed E-state index contributed by atoms with van der Waals surface area (Å²) in [5.41, 5.74) is 2.05. The van der Waals surface area contributed by atoms with Crippen LogP contribution in [0.3, 0.4) is 0 Å². The normalized spacial score (nSPS) is 11.6. The molecule has 2 aromatic carbocycles. The Hall–Kier alpha value is -2.81. The van der Waals surface area contributed by atoms with E-state index in [9.17, 15) is 9.59 Å². The molecule has 10 heteroatoms. The van der Waals surface area contributed by atoms with Crippen LogP contribution in [0, 0.1) is 6.92 Å². The summed E-state index contributed by atoms with van der Waals surface area (Å²) in [5, 5.41) is 15.5. The summed E-state index contributed by atoms with van der Waals surface area (Å²) in [6.45, 7) is 7.98. The molecule has 0 bridgehead atoms. The Morgan fingerprint density at radius 2 is 2.00 bits per heavy atom. The highest BCUT2D eigenvalue weighted by Crippen LogP contribution is 2.26. The van der Waals surface area contributed by atoms with E-state index in [1.165, 1.54) is 11.8 Å². The average Bonchev–Trinajstić information content (AvgIpc) is 3.17. The molecule has 0 unspecified atom stereocenters. The summed E-state index contributed by atoms with van der Waals surface area (Å²) in [7, 11) is 0. The van der Waals surface area contributed by atoms with Crippen LogP contribution in [0.1, 0.15) is 34.7 Å². The number of halogens is 2. The lowest BCUT2D eigenvalue weighted by Gasteiger charge is -2.15. The van der Waals surface area contributed by atoms with Crippen LogP contribution in [0.4, 0.5) is 5.69 Å². The fourth-order valence-corrected chi connectivity index (χ4v) is 4.28. The number of thioether (sulfide) groups is 1. The highest BCUT2D eigenvalue weighted by atomic mass is 35.5. The van der Waals surface area contributed by atoms with E-state index in [-0.39, 0.29) is 17.6 Å². The van der Waals surface area contributed by atoms with Crippen molar-refractivity contribution in [1.82, 2.24) is 20.1 Å². The van der Waals surface area contributed by atoms with Crippen molar-refractivity contribution in [2.75, 3.05) is 11.1 Å². The Bertz CT molecular complexity index is 1180. The van der Waals surface area contributed by atoms with Gasteiger partial charge in [-0.15, -0.1) is 16.8 Å². The number of hydrogen-bond acceptors (Lipinski definition) is 5. The van der Waals surface area contributed by atoms with E-state index < -0.39 is 6.04 Å². The molecule has 0 aliphatic rings. The first-order valence-electron chi connectivity index (χ1n) is 10.1. The van der Waals surface area contributed by atoms with Gasteiger partial charge in [-0.3, -0.25) is 9.59 Å². The summed E-state index contributed by atoms with van der Waals surface area (Å²) in [6, 6.07) is 11.8. The molecule has 3 rings (SSSR count). The molecule has 172 valence electrons. The molecule has 0 aliphatic heterocycles. The van der Waals surface area contributed by atoms with Crippen molar-refractivity contribution in [3.05, 3.63) is 82.1 Å². The zero-order chi connectivity index (χ0) is 24.0. The SMILES string of the molecule is C=CCn1c(SCC(=O)Nc2ccc(Cl)cc2Cl)nnc1[C@H](C)NC(=O)c1cccc(C)c1. The topological polar surface area (TPSA) is 88.9 Å². The molecule has 0 saturated carbocycles. The van der Waals surface area contributed by atoms with Crippen LogP contribution >= 0.6 is 35.0 Å². The zero-order valence-corrected chi connectivity index (χ0v) is 20.5. The molecule has 3 aromatic rings. The maximum Gasteiger partial charge on any atom is 0.251 e. The van der Waals surface area contributed by atoms with Gasteiger partial charge in [0, 0.05) is 17.1 Å². The quantitative estimate of drug-likeness (QED) is 0.305. The van der Waals surface area contributed by atoms with Gasteiger partial charge in [-0.2, -0.15) is 0 Å². The standard InChI is InChI=1S/C23H23Cl2N5O2S/c1-4-10-30-21(15(3)26-22(32)16-7-5-6-14(2)11-16)28-29-23(30)33-13-20(31)27-19-9-8-17(24)12-18(19)25/h4-9,11-12,15H,1,10,13H2,2-3H3,(H,26,32)(H,27,31)/t15-/m0/s1. The van der Waals surface area contributed by atoms with Gasteiger partial charge >= 0.3 is 0 Å². The van der Waals surface area contributed by atoms with Gasteiger partial charge in [0.15, 0.2) is 11.0 Å². The lowest BCUT2D eigenvalue weighted by Crippen LogP contribution is -2.29. The zero-order valence-electron chi connectivity index (χ0n) is 18.1. The lowest BCUT2D eigenvalue weighted by molar-refractivity contribution is -0.113. The number of carbonyl (C=O) groups is 2. The molecule has 1 aromatic heterocycles. The first-order valence-corrected chi connectivity index (χ1v) is 11.8. The third-order valence-corrected chi connectivity index (χ3v) is 6.12. The number of anilines is 1. The van der Waals surface area contributed by atoms with Crippen LogP contribution in [0.5, 0.6) is 0 Å². The number of amides is 2. The number of hydrogen-bond donors (Lipinski definition) is 2. The van der Waals surface area contributed by atoms with Crippen molar-refractivity contribution < 1.29 is 9.59 Å². The minimum Gasteiger partial charge on any atom is -0.342 e. The molecular weight excluding hydrogens is 481 g/mol.